The van der Waals surface area contributed by atoms with E-state index in [-0.39, 0.29) is 24.4 Å². The molecule has 1 aromatic carbocycles. The number of fused-ring (bicyclic) bond motifs is 1. The van der Waals surface area contributed by atoms with Crippen LogP contribution in [0.25, 0.3) is 0 Å². The number of nitrogens with zero attached hydrogens (tertiary/aromatic N) is 1. The molecule has 138 valence electrons. The smallest absolute Gasteiger partial charge is 0.329 e. The number of carboxylic acids is 1. The van der Waals surface area contributed by atoms with Crippen LogP contribution in [0.5, 0.6) is 5.75 Å². The van der Waals surface area contributed by atoms with Crippen LogP contribution in [0.2, 0.25) is 0 Å². The number of likely N-dealkylation sites (tertiary alicyclic amines) is 1. The van der Waals surface area contributed by atoms with Crippen molar-refractivity contribution in [3.8, 4) is 5.75 Å². The monoisotopic (exact) mass is 349 g/mol. The Bertz CT molecular complexity index is 607. The van der Waals surface area contributed by atoms with Gasteiger partial charge in [0.25, 0.3) is 0 Å². The first-order valence-corrected chi connectivity index (χ1v) is 8.82. The molecule has 0 aromatic heterocycles. The van der Waals surface area contributed by atoms with Gasteiger partial charge in [-0.3, -0.25) is 4.90 Å². The Morgan fingerprint density at radius 3 is 2.92 bits per heavy atom. The number of hydrogen-bond donors (Lipinski definition) is 1. The molecule has 1 aliphatic heterocycles. The second-order valence-corrected chi connectivity index (χ2v) is 6.96. The van der Waals surface area contributed by atoms with Crippen molar-refractivity contribution in [1.82, 2.24) is 4.90 Å². The molecule has 1 aliphatic carbocycles. The minimum atomic E-state index is -0.914. The summed E-state index contributed by atoms with van der Waals surface area (Å²) < 4.78 is 16.8. The van der Waals surface area contributed by atoms with Crippen molar-refractivity contribution in [2.75, 3.05) is 27.4 Å². The number of benzene rings is 1. The van der Waals surface area contributed by atoms with E-state index in [0.29, 0.717) is 0 Å². The number of carboxylic acid groups (broad SMARTS) is 1. The number of rotatable bonds is 7. The standard InChI is InChI=1S/C19H27NO5/c1-23-15-5-3-4-14(10-15)12-20-9-8-19(24-2)7-6-16(11-17(19)20)25-13-18(21)22/h3-5,10,16-17H,6-9,11-13H2,1-2H3,(H,21,22)/t16-,17-,19+/m1/s1. The van der Waals surface area contributed by atoms with Gasteiger partial charge in [-0.1, -0.05) is 12.1 Å². The molecule has 0 bridgehead atoms. The van der Waals surface area contributed by atoms with Gasteiger partial charge in [-0.05, 0) is 43.4 Å². The van der Waals surface area contributed by atoms with Gasteiger partial charge in [-0.2, -0.15) is 0 Å². The number of ether oxygens (including phenoxy) is 3. The molecule has 25 heavy (non-hydrogen) atoms. The van der Waals surface area contributed by atoms with Crippen LogP contribution in [0.4, 0.5) is 0 Å². The minimum Gasteiger partial charge on any atom is -0.497 e. The predicted octanol–water partition coefficient (Wildman–Crippen LogP) is 2.31. The molecular weight excluding hydrogens is 322 g/mol. The molecule has 0 amide bonds. The second-order valence-electron chi connectivity index (χ2n) is 6.96. The summed E-state index contributed by atoms with van der Waals surface area (Å²) in [5, 5.41) is 8.85. The first-order chi connectivity index (χ1) is 12.1. The van der Waals surface area contributed by atoms with Crippen LogP contribution in [0.1, 0.15) is 31.2 Å². The summed E-state index contributed by atoms with van der Waals surface area (Å²) in [5.41, 5.74) is 1.07. The van der Waals surface area contributed by atoms with E-state index in [1.54, 1.807) is 14.2 Å². The molecular formula is C19H27NO5. The number of hydrogen-bond acceptors (Lipinski definition) is 5. The highest BCUT2D eigenvalue weighted by atomic mass is 16.5. The zero-order chi connectivity index (χ0) is 17.9. The molecule has 1 saturated heterocycles. The fourth-order valence-corrected chi connectivity index (χ4v) is 4.29. The van der Waals surface area contributed by atoms with Crippen LogP contribution in [-0.4, -0.2) is 61.1 Å². The van der Waals surface area contributed by atoms with E-state index in [9.17, 15) is 4.79 Å². The molecule has 0 spiro atoms. The normalized spacial score (nSPS) is 29.4. The first kappa shape index (κ1) is 18.2. The summed E-state index contributed by atoms with van der Waals surface area (Å²) in [4.78, 5) is 13.2. The zero-order valence-corrected chi connectivity index (χ0v) is 14.9. The van der Waals surface area contributed by atoms with Gasteiger partial charge in [-0.25, -0.2) is 4.79 Å². The average molecular weight is 349 g/mol. The molecule has 3 rings (SSSR count). The Morgan fingerprint density at radius 1 is 1.36 bits per heavy atom. The highest BCUT2D eigenvalue weighted by Crippen LogP contribution is 2.43. The fourth-order valence-electron chi connectivity index (χ4n) is 4.29. The van der Waals surface area contributed by atoms with Crippen LogP contribution < -0.4 is 4.74 Å². The molecule has 6 heteroatoms. The Hall–Kier alpha value is -1.63. The maximum Gasteiger partial charge on any atom is 0.329 e. The van der Waals surface area contributed by atoms with E-state index < -0.39 is 5.97 Å². The van der Waals surface area contributed by atoms with Crippen molar-refractivity contribution < 1.29 is 24.1 Å². The summed E-state index contributed by atoms with van der Waals surface area (Å²) >= 11 is 0. The summed E-state index contributed by atoms with van der Waals surface area (Å²) in [5.74, 6) is -0.0516. The lowest BCUT2D eigenvalue weighted by Crippen LogP contribution is -2.51. The highest BCUT2D eigenvalue weighted by molar-refractivity contribution is 5.68. The molecule has 3 atom stereocenters. The van der Waals surface area contributed by atoms with Gasteiger partial charge in [-0.15, -0.1) is 0 Å². The van der Waals surface area contributed by atoms with Gasteiger partial charge in [0.15, 0.2) is 0 Å². The summed E-state index contributed by atoms with van der Waals surface area (Å²) in [6.45, 7) is 1.58. The van der Waals surface area contributed by atoms with Gasteiger partial charge in [0, 0.05) is 26.2 Å². The number of carbonyl (C=O) groups is 1. The van der Waals surface area contributed by atoms with Crippen molar-refractivity contribution in [3.05, 3.63) is 29.8 Å². The zero-order valence-electron chi connectivity index (χ0n) is 14.9. The molecule has 2 aliphatic rings. The molecule has 1 heterocycles. The van der Waals surface area contributed by atoms with Crippen LogP contribution in [0.3, 0.4) is 0 Å². The lowest BCUT2D eigenvalue weighted by atomic mass is 9.79. The predicted molar refractivity (Wildman–Crippen MR) is 92.8 cm³/mol. The lowest BCUT2D eigenvalue weighted by Gasteiger charge is -2.43. The first-order valence-electron chi connectivity index (χ1n) is 8.82. The Labute approximate surface area is 148 Å². The third-order valence-corrected chi connectivity index (χ3v) is 5.61. The molecule has 2 fully saturated rings. The molecule has 1 aromatic rings. The Balaban J connectivity index is 1.70. The molecule has 0 radical (unpaired) electrons. The number of aliphatic carboxylic acids is 1. The van der Waals surface area contributed by atoms with Gasteiger partial charge < -0.3 is 19.3 Å². The quantitative estimate of drug-likeness (QED) is 0.815. The maximum absolute atomic E-state index is 10.8. The van der Waals surface area contributed by atoms with Gasteiger partial charge in [0.2, 0.25) is 0 Å². The third-order valence-electron chi connectivity index (χ3n) is 5.61. The van der Waals surface area contributed by atoms with Gasteiger partial charge in [0.05, 0.1) is 18.8 Å². The topological polar surface area (TPSA) is 68.2 Å². The summed E-state index contributed by atoms with van der Waals surface area (Å²) in [6, 6.07) is 8.37. The van der Waals surface area contributed by atoms with Crippen molar-refractivity contribution >= 4 is 5.97 Å². The third kappa shape index (κ3) is 3.97. The number of methoxy groups -OCH3 is 2. The largest absolute Gasteiger partial charge is 0.497 e. The average Bonchev–Trinajstić information content (AvgIpc) is 2.98. The molecule has 1 N–H and O–H groups in total. The van der Waals surface area contributed by atoms with Crippen LogP contribution in [0.15, 0.2) is 24.3 Å². The van der Waals surface area contributed by atoms with E-state index in [2.05, 4.69) is 17.0 Å². The summed E-state index contributed by atoms with van der Waals surface area (Å²) in [7, 11) is 3.47. The highest BCUT2D eigenvalue weighted by Gasteiger charge is 2.51. The van der Waals surface area contributed by atoms with Crippen LogP contribution in [0, 0.1) is 0 Å². The van der Waals surface area contributed by atoms with E-state index in [4.69, 9.17) is 19.3 Å². The lowest BCUT2D eigenvalue weighted by molar-refractivity contribution is -0.148. The van der Waals surface area contributed by atoms with E-state index in [1.807, 2.05) is 12.1 Å². The maximum atomic E-state index is 10.8. The Morgan fingerprint density at radius 2 is 2.20 bits per heavy atom. The minimum absolute atomic E-state index is 0.0183. The SMILES string of the molecule is COc1cccc(CN2CC[C@@]3(OC)CC[C@@H](OCC(=O)O)C[C@@H]23)c1. The second kappa shape index (κ2) is 7.72. The van der Waals surface area contributed by atoms with Crippen molar-refractivity contribution in [2.45, 2.75) is 50.0 Å². The van der Waals surface area contributed by atoms with Crippen molar-refractivity contribution in [2.24, 2.45) is 0 Å². The van der Waals surface area contributed by atoms with Gasteiger partial charge >= 0.3 is 5.97 Å². The van der Waals surface area contributed by atoms with E-state index in [1.165, 1.54) is 5.56 Å². The Kier molecular flexibility index (Phi) is 5.61. The molecule has 0 unspecified atom stereocenters. The van der Waals surface area contributed by atoms with E-state index >= 15 is 0 Å². The fraction of sp³-hybridized carbons (Fsp3) is 0.632. The van der Waals surface area contributed by atoms with Crippen molar-refractivity contribution in [1.29, 1.82) is 0 Å². The van der Waals surface area contributed by atoms with Crippen molar-refractivity contribution in [3.63, 3.8) is 0 Å². The summed E-state index contributed by atoms with van der Waals surface area (Å²) in [6.07, 6.45) is 3.56. The van der Waals surface area contributed by atoms with E-state index in [0.717, 1.165) is 44.5 Å². The molecule has 1 saturated carbocycles. The van der Waals surface area contributed by atoms with Gasteiger partial charge in [0.1, 0.15) is 12.4 Å². The van der Waals surface area contributed by atoms with Crippen LogP contribution in [-0.2, 0) is 20.8 Å². The molecule has 6 nitrogen and oxygen atoms in total. The van der Waals surface area contributed by atoms with Crippen LogP contribution >= 0.6 is 0 Å².